The van der Waals surface area contributed by atoms with Crippen molar-refractivity contribution in [1.29, 1.82) is 0 Å². The zero-order chi connectivity index (χ0) is 41.4. The predicted octanol–water partition coefficient (Wildman–Crippen LogP) is -4.59. The third kappa shape index (κ3) is 14.8. The number of fused-ring (bicyclic) bond motifs is 1. The molecule has 8 atom stereocenters. The smallest absolute Gasteiger partial charge is 0.274 e. The monoisotopic (exact) mass is 882 g/mol. The van der Waals surface area contributed by atoms with Crippen LogP contribution in [-0.2, 0) is 61.8 Å². The summed E-state index contributed by atoms with van der Waals surface area (Å²) in [6.07, 6.45) is -7.95. The van der Waals surface area contributed by atoms with Gasteiger partial charge < -0.3 is 73.6 Å². The number of aliphatic hydroxyl groups excluding tert-OH is 2. The van der Waals surface area contributed by atoms with Gasteiger partial charge in [-0.2, -0.15) is 0 Å². The summed E-state index contributed by atoms with van der Waals surface area (Å²) in [6.45, 7) is -0.203. The van der Waals surface area contributed by atoms with Crippen LogP contribution >= 0.6 is 35.2 Å². The summed E-state index contributed by atoms with van der Waals surface area (Å²) in [5, 5.41) is 25.6. The van der Waals surface area contributed by atoms with Gasteiger partial charge in [0.15, 0.2) is 22.8 Å². The molecule has 2 aromatic heterocycles. The third-order valence-corrected chi connectivity index (χ3v) is 11.7. The van der Waals surface area contributed by atoms with E-state index in [2.05, 4.69) is 43.5 Å². The Kier molecular flexibility index (Phi) is 17.0. The van der Waals surface area contributed by atoms with Gasteiger partial charge in [-0.1, -0.05) is 36.7 Å². The number of nitrogens with two attached hydrogens (primary N) is 1. The third-order valence-electron chi connectivity index (χ3n) is 7.21. The predicted molar refractivity (Wildman–Crippen MR) is 177 cm³/mol. The number of hydrogen-bond donors (Lipinski definition) is 5. The van der Waals surface area contributed by atoms with Crippen molar-refractivity contribution < 1.29 is 89.2 Å². The number of rotatable bonds is 22. The Hall–Kier alpha value is -2.33. The number of nitrogens with one attached hydrogen (secondary N) is 2. The van der Waals surface area contributed by atoms with Crippen LogP contribution in [0.5, 0.6) is 0 Å². The number of thioether (sulfide) groups is 1. The molecule has 1 fully saturated rings. The second kappa shape index (κ2) is 19.9. The number of anilines is 1. The van der Waals surface area contributed by atoms with Crippen LogP contribution in [0.2, 0.25) is 0 Å². The molecule has 0 radical (unpaired) electrons. The highest BCUT2D eigenvalue weighted by molar-refractivity contribution is 8.13. The summed E-state index contributed by atoms with van der Waals surface area (Å²) in [7, 11) is -17.6. The Morgan fingerprint density at radius 3 is 2.42 bits per heavy atom. The SMILES string of the molecule is CC(C)(COP(=O)([O-])OP(=O)([O-])OC[C@H]1O[C@@H](n2cnc3c(N)ncnc32)[C@H](O)[C@@H]1OP(=O)([O-])[O-])[C@@H](O)C(=O)NCCC(=O)NCCSC(=O)CCS(=O)[O-]. The van der Waals surface area contributed by atoms with Crippen molar-refractivity contribution in [2.45, 2.75) is 57.3 Å². The number of carbonyl (C=O) groups is 3. The lowest BCUT2D eigenvalue weighted by Gasteiger charge is -2.36. The molecule has 312 valence electrons. The quantitative estimate of drug-likeness (QED) is 0.0422. The van der Waals surface area contributed by atoms with Crippen LogP contribution in [0.1, 0.15) is 32.9 Å². The molecule has 0 bridgehead atoms. The minimum absolute atomic E-state index is 0.0323. The van der Waals surface area contributed by atoms with Gasteiger partial charge in [0, 0.05) is 42.9 Å². The summed E-state index contributed by atoms with van der Waals surface area (Å²) in [5.74, 6) is -1.84. The van der Waals surface area contributed by atoms with E-state index >= 15 is 0 Å². The van der Waals surface area contributed by atoms with Gasteiger partial charge in [0.1, 0.15) is 36.3 Å². The van der Waals surface area contributed by atoms with E-state index in [0.29, 0.717) is 0 Å². The molecule has 1 aliphatic heterocycles. The van der Waals surface area contributed by atoms with Crippen LogP contribution in [0.25, 0.3) is 11.2 Å². The number of carbonyl (C=O) groups excluding carboxylic acids is 3. The molecular formula is C24H35N7O19P3S2-5. The van der Waals surface area contributed by atoms with Crippen LogP contribution in [0.3, 0.4) is 0 Å². The van der Waals surface area contributed by atoms with E-state index < -0.39 is 95.6 Å². The molecule has 1 saturated heterocycles. The lowest BCUT2D eigenvalue weighted by atomic mass is 9.87. The molecular weight excluding hydrogens is 847 g/mol. The number of aliphatic hydroxyl groups is 2. The Balaban J connectivity index is 1.49. The first-order valence-corrected chi connectivity index (χ1v) is 22.1. The molecule has 3 heterocycles. The van der Waals surface area contributed by atoms with Crippen molar-refractivity contribution in [2.75, 3.05) is 43.5 Å². The average molecular weight is 883 g/mol. The average Bonchev–Trinajstić information content (AvgIpc) is 3.63. The molecule has 0 aliphatic carbocycles. The van der Waals surface area contributed by atoms with Gasteiger partial charge in [0.2, 0.25) is 11.8 Å². The van der Waals surface area contributed by atoms with Crippen LogP contribution < -0.4 is 35.9 Å². The van der Waals surface area contributed by atoms with Crippen molar-refractivity contribution in [2.24, 2.45) is 5.41 Å². The van der Waals surface area contributed by atoms with E-state index in [9.17, 15) is 66.6 Å². The van der Waals surface area contributed by atoms with Gasteiger partial charge in [-0.3, -0.25) is 32.3 Å². The lowest BCUT2D eigenvalue weighted by Crippen LogP contribution is -2.46. The number of ether oxygens (including phenoxy) is 1. The van der Waals surface area contributed by atoms with E-state index in [4.69, 9.17) is 10.5 Å². The van der Waals surface area contributed by atoms with E-state index in [1.807, 2.05) is 0 Å². The lowest BCUT2D eigenvalue weighted by molar-refractivity contribution is -0.347. The van der Waals surface area contributed by atoms with Crippen LogP contribution in [-0.4, -0.2) is 118 Å². The number of nitrogen functional groups attached to an aromatic ring is 1. The van der Waals surface area contributed by atoms with Crippen molar-refractivity contribution in [3.8, 4) is 0 Å². The summed E-state index contributed by atoms with van der Waals surface area (Å²) in [4.78, 5) is 95.2. The summed E-state index contributed by atoms with van der Waals surface area (Å²) in [5.41, 5.74) is 4.00. The fraction of sp³-hybridized carbons (Fsp3) is 0.667. The first-order valence-electron chi connectivity index (χ1n) is 15.4. The van der Waals surface area contributed by atoms with E-state index in [1.165, 1.54) is 13.8 Å². The number of amides is 2. The summed E-state index contributed by atoms with van der Waals surface area (Å²) >= 11 is -1.52. The van der Waals surface area contributed by atoms with Gasteiger partial charge in [0.05, 0.1) is 27.4 Å². The second-order valence-corrected chi connectivity index (χ2v) is 18.2. The zero-order valence-corrected chi connectivity index (χ0v) is 32.9. The fourth-order valence-electron chi connectivity index (χ4n) is 4.51. The molecule has 55 heavy (non-hydrogen) atoms. The highest BCUT2D eigenvalue weighted by Gasteiger charge is 2.47. The standard InChI is InChI=1S/C24H40N7O19P3S2/c1-24(2,19(35)22(36)27-5-3-14(32)26-6-7-54-15(33)4-8-55(44)45)10-47-53(42,43)50-52(40,41)46-9-13-18(49-51(37,38)39)17(34)23(48-13)31-12-30-16-20(25)28-11-29-21(16)31/h11-13,17-19,23,34-35H,3-10H2,1-2H3,(H,26,32)(H,27,36)(H,40,41)(H,42,43)(H,44,45)(H2,25,28,29)(H2,37,38,39)/p-5/t13-,17-,18-,19+,23-/m1/s1. The largest absolute Gasteiger partial charge is 0.790 e. The first kappa shape index (κ1) is 47.0. The van der Waals surface area contributed by atoms with Gasteiger partial charge in [0.25, 0.3) is 15.6 Å². The van der Waals surface area contributed by atoms with Gasteiger partial charge in [-0.25, -0.2) is 19.3 Å². The number of imidazole rings is 1. The van der Waals surface area contributed by atoms with Crippen molar-refractivity contribution in [1.82, 2.24) is 30.2 Å². The molecule has 26 nitrogen and oxygen atoms in total. The number of phosphoric acid groups is 3. The Morgan fingerprint density at radius 2 is 1.76 bits per heavy atom. The Morgan fingerprint density at radius 1 is 1.09 bits per heavy atom. The minimum Gasteiger partial charge on any atom is -0.790 e. The molecule has 0 spiro atoms. The van der Waals surface area contributed by atoms with Gasteiger partial charge in [-0.15, -0.1) is 0 Å². The normalized spacial score (nSPS) is 22.4. The topological polar surface area (TPSA) is 415 Å². The fourth-order valence-corrected chi connectivity index (χ4v) is 8.41. The highest BCUT2D eigenvalue weighted by Crippen LogP contribution is 2.56. The van der Waals surface area contributed by atoms with E-state index in [1.54, 1.807) is 0 Å². The second-order valence-electron chi connectivity index (χ2n) is 12.0. The molecule has 6 N–H and O–H groups in total. The zero-order valence-electron chi connectivity index (χ0n) is 28.6. The maximum atomic E-state index is 12.5. The number of hydrogen-bond acceptors (Lipinski definition) is 24. The summed E-state index contributed by atoms with van der Waals surface area (Å²) < 4.78 is 81.2. The molecule has 31 heteroatoms. The van der Waals surface area contributed by atoms with Crippen LogP contribution in [0, 0.1) is 5.41 Å². The van der Waals surface area contributed by atoms with Crippen molar-refractivity contribution in [3.05, 3.63) is 12.7 Å². The van der Waals surface area contributed by atoms with Crippen LogP contribution in [0.4, 0.5) is 5.82 Å². The highest BCUT2D eigenvalue weighted by atomic mass is 32.2. The first-order chi connectivity index (χ1) is 25.4. The maximum Gasteiger partial charge on any atom is 0.274 e. The molecule has 1 aliphatic rings. The van der Waals surface area contributed by atoms with Gasteiger partial charge in [-0.05, 0) is 0 Å². The molecule has 0 aromatic carbocycles. The molecule has 0 saturated carbocycles. The van der Waals surface area contributed by atoms with Crippen molar-refractivity contribution >= 4 is 80.2 Å². The van der Waals surface area contributed by atoms with E-state index in [0.717, 1.165) is 29.0 Å². The number of aromatic nitrogens is 4. The van der Waals surface area contributed by atoms with Gasteiger partial charge >= 0.3 is 0 Å². The van der Waals surface area contributed by atoms with Crippen LogP contribution in [0.15, 0.2) is 12.7 Å². The summed E-state index contributed by atoms with van der Waals surface area (Å²) in [6, 6.07) is 0. The maximum absolute atomic E-state index is 12.5. The Labute approximate surface area is 318 Å². The molecule has 2 aromatic rings. The minimum atomic E-state index is -5.93. The Bertz CT molecular complexity index is 1850. The van der Waals surface area contributed by atoms with Crippen molar-refractivity contribution in [3.63, 3.8) is 0 Å². The molecule has 2 amide bonds. The molecule has 3 rings (SSSR count). The number of phosphoric ester groups is 3. The molecule has 3 unspecified atom stereocenters. The number of nitrogens with zero attached hydrogens (tertiary/aromatic N) is 4. The van der Waals surface area contributed by atoms with E-state index in [-0.39, 0.29) is 59.5 Å².